The number of carbonyl (C=O) groups is 1. The summed E-state index contributed by atoms with van der Waals surface area (Å²) < 4.78 is 0. The van der Waals surface area contributed by atoms with Gasteiger partial charge in [-0.1, -0.05) is 48.0 Å². The Kier molecular flexibility index (Phi) is 8.92. The zero-order chi connectivity index (χ0) is 23.3. The van der Waals surface area contributed by atoms with Crippen molar-refractivity contribution in [2.45, 2.75) is 106 Å². The van der Waals surface area contributed by atoms with Gasteiger partial charge < -0.3 is 0 Å². The van der Waals surface area contributed by atoms with Crippen LogP contribution in [-0.2, 0) is 11.2 Å². The minimum atomic E-state index is 0.224. The number of ketones is 1. The molecule has 1 heterocycles. The van der Waals surface area contributed by atoms with Crippen LogP contribution >= 0.6 is 0 Å². The third-order valence-corrected chi connectivity index (χ3v) is 9.56. The molecule has 32 heavy (non-hydrogen) atoms. The molecule has 0 aromatic carbocycles. The summed E-state index contributed by atoms with van der Waals surface area (Å²) in [6.07, 6.45) is 16.2. The number of carbonyl (C=O) groups excluding carboxylic acids is 1. The third-order valence-electron chi connectivity index (χ3n) is 9.56. The maximum Gasteiger partial charge on any atom is 0.144 e. The smallest absolute Gasteiger partial charge is 0.144 e. The van der Waals surface area contributed by atoms with Gasteiger partial charge in [0.05, 0.1) is 6.42 Å². The summed E-state index contributed by atoms with van der Waals surface area (Å²) in [6, 6.07) is 1.82. The van der Waals surface area contributed by atoms with Gasteiger partial charge in [0.25, 0.3) is 0 Å². The molecule has 8 unspecified atom stereocenters. The van der Waals surface area contributed by atoms with E-state index in [-0.39, 0.29) is 11.3 Å². The van der Waals surface area contributed by atoms with Crippen molar-refractivity contribution in [3.05, 3.63) is 24.3 Å². The summed E-state index contributed by atoms with van der Waals surface area (Å²) >= 11 is 0. The molecule has 1 aromatic heterocycles. The van der Waals surface area contributed by atoms with E-state index in [0.717, 1.165) is 41.9 Å². The van der Waals surface area contributed by atoms with Crippen molar-refractivity contribution in [2.24, 2.45) is 46.8 Å². The fourth-order valence-corrected chi connectivity index (χ4v) is 8.32. The van der Waals surface area contributed by atoms with E-state index in [4.69, 9.17) is 0 Å². The number of fused-ring (bicyclic) bond motifs is 5. The van der Waals surface area contributed by atoms with Crippen LogP contribution in [0.25, 0.3) is 0 Å². The van der Waals surface area contributed by atoms with Gasteiger partial charge in [0.15, 0.2) is 0 Å². The Morgan fingerprint density at radius 3 is 2.31 bits per heavy atom. The summed E-state index contributed by atoms with van der Waals surface area (Å²) in [5.74, 6) is 6.88. The van der Waals surface area contributed by atoms with E-state index >= 15 is 0 Å². The summed E-state index contributed by atoms with van der Waals surface area (Å²) in [7, 11) is 0. The van der Waals surface area contributed by atoms with Crippen LogP contribution in [0.2, 0.25) is 0 Å². The maximum absolute atomic E-state index is 13.2. The molecule has 4 aliphatic rings. The van der Waals surface area contributed by atoms with Crippen LogP contribution in [0.3, 0.4) is 0 Å². The summed E-state index contributed by atoms with van der Waals surface area (Å²) in [6.45, 7) is 12.9. The van der Waals surface area contributed by atoms with E-state index < -0.39 is 0 Å². The Hall–Kier alpha value is -1.25. The molecule has 0 N–H and O–H groups in total. The van der Waals surface area contributed by atoms with Gasteiger partial charge in [0.2, 0.25) is 0 Å². The van der Waals surface area contributed by atoms with Crippen LogP contribution in [0.1, 0.15) is 105 Å². The predicted molar refractivity (Wildman–Crippen MR) is 133 cm³/mol. The molecule has 4 fully saturated rings. The number of aromatic nitrogens is 2. The van der Waals surface area contributed by atoms with Crippen molar-refractivity contribution in [1.82, 2.24) is 9.97 Å². The van der Waals surface area contributed by atoms with Crippen LogP contribution in [0.5, 0.6) is 0 Å². The Labute approximate surface area is 197 Å². The topological polar surface area (TPSA) is 42.9 Å². The lowest BCUT2D eigenvalue weighted by molar-refractivity contribution is -0.130. The van der Waals surface area contributed by atoms with E-state index in [1.54, 1.807) is 12.4 Å². The van der Waals surface area contributed by atoms with Crippen LogP contribution in [-0.4, -0.2) is 15.8 Å². The molecule has 3 heteroatoms. The molecular formula is C29H48N2O. The van der Waals surface area contributed by atoms with Crippen molar-refractivity contribution >= 4 is 5.78 Å². The van der Waals surface area contributed by atoms with Crippen LogP contribution in [0.15, 0.2) is 18.5 Å². The molecule has 0 saturated heterocycles. The molecular weight excluding hydrogens is 392 g/mol. The first-order chi connectivity index (χ1) is 15.6. The Morgan fingerprint density at radius 2 is 1.59 bits per heavy atom. The van der Waals surface area contributed by atoms with Crippen molar-refractivity contribution in [2.75, 3.05) is 0 Å². The van der Waals surface area contributed by atoms with Crippen LogP contribution in [0.4, 0.5) is 0 Å². The average Bonchev–Trinajstić information content (AvgIpc) is 3.19. The highest BCUT2D eigenvalue weighted by Crippen LogP contribution is 2.64. The second-order valence-corrected chi connectivity index (χ2v) is 10.8. The third kappa shape index (κ3) is 4.82. The van der Waals surface area contributed by atoms with E-state index in [2.05, 4.69) is 23.8 Å². The first-order valence-electron chi connectivity index (χ1n) is 13.8. The molecule has 4 aliphatic carbocycles. The van der Waals surface area contributed by atoms with Gasteiger partial charge in [-0.15, -0.1) is 0 Å². The van der Waals surface area contributed by atoms with E-state index in [0.29, 0.717) is 18.0 Å². The lowest BCUT2D eigenvalue weighted by atomic mass is 9.49. The highest BCUT2D eigenvalue weighted by atomic mass is 16.1. The minimum Gasteiger partial charge on any atom is -0.299 e. The number of Topliss-reactive ketones (excluding diaryl/α,β-unsaturated/α-hetero) is 1. The van der Waals surface area contributed by atoms with Crippen molar-refractivity contribution in [3.8, 4) is 0 Å². The zero-order valence-corrected chi connectivity index (χ0v) is 21.6. The quantitative estimate of drug-likeness (QED) is 0.487. The van der Waals surface area contributed by atoms with Crippen LogP contribution < -0.4 is 0 Å². The number of hydrogen-bond donors (Lipinski definition) is 0. The number of nitrogens with zero attached hydrogens (tertiary/aromatic N) is 2. The molecule has 0 spiro atoms. The fraction of sp³-hybridized carbons (Fsp3) is 0.828. The lowest BCUT2D eigenvalue weighted by Gasteiger charge is -2.56. The van der Waals surface area contributed by atoms with E-state index in [1.165, 1.54) is 51.4 Å². The second-order valence-electron chi connectivity index (χ2n) is 10.8. The van der Waals surface area contributed by atoms with Crippen molar-refractivity contribution in [3.63, 3.8) is 0 Å². The number of hydrogen-bond acceptors (Lipinski definition) is 3. The molecule has 4 saturated carbocycles. The van der Waals surface area contributed by atoms with Gasteiger partial charge in [-0.05, 0) is 98.4 Å². The zero-order valence-electron chi connectivity index (χ0n) is 21.6. The van der Waals surface area contributed by atoms with Gasteiger partial charge >= 0.3 is 0 Å². The highest BCUT2D eigenvalue weighted by Gasteiger charge is 2.58. The first kappa shape index (κ1) is 25.4. The first-order valence-corrected chi connectivity index (χ1v) is 13.8. The molecule has 0 amide bonds. The van der Waals surface area contributed by atoms with Gasteiger partial charge in [0, 0.05) is 18.3 Å². The van der Waals surface area contributed by atoms with Crippen LogP contribution in [0, 0.1) is 46.8 Å². The molecule has 0 radical (unpaired) electrons. The summed E-state index contributed by atoms with van der Waals surface area (Å²) in [4.78, 5) is 21.8. The van der Waals surface area contributed by atoms with Crippen molar-refractivity contribution < 1.29 is 4.79 Å². The highest BCUT2D eigenvalue weighted by molar-refractivity contribution is 5.83. The van der Waals surface area contributed by atoms with Gasteiger partial charge in [-0.3, -0.25) is 4.79 Å². The summed E-state index contributed by atoms with van der Waals surface area (Å²) in [5, 5.41) is 0. The standard InChI is InChI=1S/C25H36N2O.2C2H6/c1-16-4-6-18-17(14-16)5-7-20-19(18)10-11-25(2)21(20)8-9-22(25)23(28)15-24-26-12-3-13-27-24;2*1-2/h3,12-13,16-22H,4-11,14-15H2,1-2H3;2*1-2H3. The lowest BCUT2D eigenvalue weighted by Crippen LogP contribution is -2.49. The van der Waals surface area contributed by atoms with Gasteiger partial charge in [-0.25, -0.2) is 9.97 Å². The number of rotatable bonds is 3. The Morgan fingerprint density at radius 1 is 0.906 bits per heavy atom. The molecule has 8 atom stereocenters. The second kappa shape index (κ2) is 11.3. The molecule has 0 aliphatic heterocycles. The minimum absolute atomic E-state index is 0.224. The Bertz CT molecular complexity index is 719. The Balaban J connectivity index is 0.000000686. The van der Waals surface area contributed by atoms with Crippen molar-refractivity contribution in [1.29, 1.82) is 0 Å². The monoisotopic (exact) mass is 440 g/mol. The maximum atomic E-state index is 13.2. The fourth-order valence-electron chi connectivity index (χ4n) is 8.32. The molecule has 1 aromatic rings. The van der Waals surface area contributed by atoms with E-state index in [9.17, 15) is 4.79 Å². The normalized spacial score (nSPS) is 39.8. The molecule has 3 nitrogen and oxygen atoms in total. The predicted octanol–water partition coefficient (Wildman–Crippen LogP) is 7.55. The van der Waals surface area contributed by atoms with E-state index in [1.807, 2.05) is 33.8 Å². The molecule has 5 rings (SSSR count). The average molecular weight is 441 g/mol. The SMILES string of the molecule is CC.CC.CC1CCC2C(CCC3C2CCC2(C)C(C(=O)Cc4ncccn4)CCC32)C1. The largest absolute Gasteiger partial charge is 0.299 e. The molecule has 180 valence electrons. The summed E-state index contributed by atoms with van der Waals surface area (Å²) in [5.41, 5.74) is 0.224. The van der Waals surface area contributed by atoms with Gasteiger partial charge in [0.1, 0.15) is 11.6 Å². The van der Waals surface area contributed by atoms with Gasteiger partial charge in [-0.2, -0.15) is 0 Å². The molecule has 0 bridgehead atoms.